The Morgan fingerprint density at radius 3 is 2.19 bits per heavy atom. The van der Waals surface area contributed by atoms with Crippen LogP contribution in [0.25, 0.3) is 0 Å². The fourth-order valence-corrected chi connectivity index (χ4v) is 4.12. The van der Waals surface area contributed by atoms with Crippen LogP contribution in [0, 0.1) is 0 Å². The summed E-state index contributed by atoms with van der Waals surface area (Å²) < 4.78 is 5.39. The molecule has 0 bridgehead atoms. The largest absolute Gasteiger partial charge is 0.378 e. The van der Waals surface area contributed by atoms with E-state index in [1.165, 1.54) is 37.7 Å². The van der Waals surface area contributed by atoms with E-state index in [-0.39, 0.29) is 13.4 Å². The number of carbonyl (C=O) groups is 1. The first-order chi connectivity index (χ1) is 15.6. The molecule has 1 amide bonds. The van der Waals surface area contributed by atoms with Gasteiger partial charge in [0.2, 0.25) is 0 Å². The monoisotopic (exact) mass is 442 g/mol. The molecular formula is C26H38N2O4. The van der Waals surface area contributed by atoms with Crippen molar-refractivity contribution >= 4 is 17.3 Å². The molecule has 6 nitrogen and oxygen atoms in total. The molecule has 0 atom stereocenters. The molecule has 2 N–H and O–H groups in total. The summed E-state index contributed by atoms with van der Waals surface area (Å²) >= 11 is 0. The number of amides is 1. The van der Waals surface area contributed by atoms with Gasteiger partial charge in [0, 0.05) is 31.5 Å². The number of nitrogens with one attached hydrogen (secondary N) is 1. The summed E-state index contributed by atoms with van der Waals surface area (Å²) in [6.45, 7) is 6.83. The summed E-state index contributed by atoms with van der Waals surface area (Å²) in [4.78, 5) is 18.6. The first kappa shape index (κ1) is 24.2. The lowest BCUT2D eigenvalue weighted by molar-refractivity contribution is -0.269. The van der Waals surface area contributed by atoms with E-state index in [1.807, 2.05) is 36.4 Å². The summed E-state index contributed by atoms with van der Waals surface area (Å²) in [5.41, 5.74) is 4.09. The molecule has 2 fully saturated rings. The minimum Gasteiger partial charge on any atom is -0.378 e. The van der Waals surface area contributed by atoms with Crippen molar-refractivity contribution in [1.29, 1.82) is 0 Å². The number of rotatable bonds is 5. The molecule has 1 aliphatic carbocycles. The van der Waals surface area contributed by atoms with Gasteiger partial charge in [-0.25, -0.2) is 4.89 Å². The fourth-order valence-electron chi connectivity index (χ4n) is 4.12. The molecule has 2 aliphatic rings. The molecule has 1 saturated carbocycles. The summed E-state index contributed by atoms with van der Waals surface area (Å²) in [5, 5.41) is 10.7. The number of hydrogen-bond acceptors (Lipinski definition) is 5. The standard InChI is InChI=1S/C23H28N2O2.C3H8O2.H2/c26-23(20-8-12-22(13-9-20)25-14-16-27-17-15-25)24-21-10-6-19(7-11-21)18-4-2-1-3-5-18;1-3(2)5-4;/h6-13,18H,1-5,14-17H2,(H,24,26);3-4H,1-2H3;1H. The van der Waals surface area contributed by atoms with Gasteiger partial charge in [-0.15, -0.1) is 0 Å². The molecule has 0 radical (unpaired) electrons. The number of ether oxygens (including phenoxy) is 1. The third-order valence-electron chi connectivity index (χ3n) is 5.96. The van der Waals surface area contributed by atoms with Crippen LogP contribution in [0.1, 0.15) is 69.2 Å². The molecule has 0 unspecified atom stereocenters. The molecule has 0 aromatic heterocycles. The van der Waals surface area contributed by atoms with Crippen LogP contribution in [0.2, 0.25) is 0 Å². The van der Waals surface area contributed by atoms with Crippen LogP contribution in [0.4, 0.5) is 11.4 Å². The molecule has 4 rings (SSSR count). The molecule has 1 aliphatic heterocycles. The third kappa shape index (κ3) is 7.33. The predicted molar refractivity (Wildman–Crippen MR) is 131 cm³/mol. The van der Waals surface area contributed by atoms with E-state index in [4.69, 9.17) is 9.99 Å². The topological polar surface area (TPSA) is 71.0 Å². The van der Waals surface area contributed by atoms with E-state index < -0.39 is 0 Å². The zero-order valence-electron chi connectivity index (χ0n) is 19.3. The zero-order chi connectivity index (χ0) is 22.8. The summed E-state index contributed by atoms with van der Waals surface area (Å²) in [5.74, 6) is 0.630. The first-order valence-electron chi connectivity index (χ1n) is 11.7. The highest BCUT2D eigenvalue weighted by atomic mass is 17.1. The SMILES string of the molecule is CC(C)OO.O=C(Nc1ccc(C2CCCCC2)cc1)c1ccc(N2CCOCC2)cc1.[HH]. The van der Waals surface area contributed by atoms with Crippen molar-refractivity contribution in [3.05, 3.63) is 59.7 Å². The zero-order valence-corrected chi connectivity index (χ0v) is 19.3. The molecular weight excluding hydrogens is 404 g/mol. The Bertz CT molecular complexity index is 815. The highest BCUT2D eigenvalue weighted by molar-refractivity contribution is 6.04. The van der Waals surface area contributed by atoms with E-state index in [2.05, 4.69) is 27.2 Å². The van der Waals surface area contributed by atoms with Crippen LogP contribution < -0.4 is 10.2 Å². The maximum Gasteiger partial charge on any atom is 0.255 e. The number of benzene rings is 2. The highest BCUT2D eigenvalue weighted by Gasteiger charge is 2.16. The van der Waals surface area contributed by atoms with Gasteiger partial charge in [0.1, 0.15) is 0 Å². The van der Waals surface area contributed by atoms with Gasteiger partial charge in [0.25, 0.3) is 5.91 Å². The minimum atomic E-state index is -0.0612. The number of morpholine rings is 1. The summed E-state index contributed by atoms with van der Waals surface area (Å²) in [7, 11) is 0. The molecule has 2 aromatic rings. The van der Waals surface area contributed by atoms with Gasteiger partial charge in [-0.1, -0.05) is 31.4 Å². The molecule has 6 heteroatoms. The van der Waals surface area contributed by atoms with Crippen molar-refractivity contribution in [3.63, 3.8) is 0 Å². The Balaban J connectivity index is 0.000000583. The molecule has 0 spiro atoms. The Hall–Kier alpha value is -2.41. The number of hydrogen-bond donors (Lipinski definition) is 2. The average molecular weight is 443 g/mol. The first-order valence-corrected chi connectivity index (χ1v) is 11.7. The Morgan fingerprint density at radius 2 is 1.62 bits per heavy atom. The molecule has 1 saturated heterocycles. The average Bonchev–Trinajstić information content (AvgIpc) is 2.86. The normalized spacial score (nSPS) is 16.9. The van der Waals surface area contributed by atoms with Crippen molar-refractivity contribution < 1.29 is 21.1 Å². The maximum atomic E-state index is 12.5. The van der Waals surface area contributed by atoms with Gasteiger partial charge in [-0.2, -0.15) is 0 Å². The van der Waals surface area contributed by atoms with E-state index in [9.17, 15) is 4.79 Å². The van der Waals surface area contributed by atoms with E-state index in [0.29, 0.717) is 11.5 Å². The highest BCUT2D eigenvalue weighted by Crippen LogP contribution is 2.33. The Morgan fingerprint density at radius 1 is 1.03 bits per heavy atom. The minimum absolute atomic E-state index is 0. The van der Waals surface area contributed by atoms with Crippen LogP contribution in [-0.4, -0.2) is 43.6 Å². The fraction of sp³-hybridized carbons (Fsp3) is 0.500. The van der Waals surface area contributed by atoms with Crippen LogP contribution in [0.5, 0.6) is 0 Å². The van der Waals surface area contributed by atoms with Crippen molar-refractivity contribution in [2.24, 2.45) is 0 Å². The Kier molecular flexibility index (Phi) is 9.53. The van der Waals surface area contributed by atoms with E-state index >= 15 is 0 Å². The van der Waals surface area contributed by atoms with Crippen LogP contribution in [0.3, 0.4) is 0 Å². The predicted octanol–water partition coefficient (Wildman–Crippen LogP) is 5.95. The van der Waals surface area contributed by atoms with Crippen molar-refractivity contribution in [2.75, 3.05) is 36.5 Å². The van der Waals surface area contributed by atoms with Crippen molar-refractivity contribution in [1.82, 2.24) is 0 Å². The van der Waals surface area contributed by atoms with Gasteiger partial charge in [0.05, 0.1) is 19.3 Å². The molecule has 1 heterocycles. The number of nitrogens with zero attached hydrogens (tertiary/aromatic N) is 1. The van der Waals surface area contributed by atoms with Crippen LogP contribution in [0.15, 0.2) is 48.5 Å². The lowest BCUT2D eigenvalue weighted by Gasteiger charge is -2.28. The van der Waals surface area contributed by atoms with Crippen LogP contribution in [-0.2, 0) is 9.62 Å². The lowest BCUT2D eigenvalue weighted by Crippen LogP contribution is -2.36. The van der Waals surface area contributed by atoms with Crippen LogP contribution >= 0.6 is 0 Å². The number of anilines is 2. The molecule has 2 aromatic carbocycles. The second-order valence-electron chi connectivity index (χ2n) is 8.71. The quantitative estimate of drug-likeness (QED) is 0.442. The molecule has 176 valence electrons. The van der Waals surface area contributed by atoms with E-state index in [0.717, 1.165) is 37.7 Å². The van der Waals surface area contributed by atoms with Crippen molar-refractivity contribution in [2.45, 2.75) is 58.0 Å². The van der Waals surface area contributed by atoms with Gasteiger partial charge < -0.3 is 15.0 Å². The summed E-state index contributed by atoms with van der Waals surface area (Å²) in [6, 6.07) is 16.2. The van der Waals surface area contributed by atoms with Gasteiger partial charge >= 0.3 is 0 Å². The second kappa shape index (κ2) is 12.6. The van der Waals surface area contributed by atoms with Gasteiger partial charge in [-0.3, -0.25) is 10.1 Å². The lowest BCUT2D eigenvalue weighted by atomic mass is 9.84. The van der Waals surface area contributed by atoms with E-state index in [1.54, 1.807) is 13.8 Å². The second-order valence-corrected chi connectivity index (χ2v) is 8.71. The molecule has 32 heavy (non-hydrogen) atoms. The third-order valence-corrected chi connectivity index (χ3v) is 5.96. The number of carbonyl (C=O) groups excluding carboxylic acids is 1. The van der Waals surface area contributed by atoms with Gasteiger partial charge in [0.15, 0.2) is 0 Å². The summed E-state index contributed by atoms with van der Waals surface area (Å²) in [6.07, 6.45) is 6.57. The smallest absolute Gasteiger partial charge is 0.255 e. The van der Waals surface area contributed by atoms with Crippen molar-refractivity contribution in [3.8, 4) is 0 Å². The Labute approximate surface area is 192 Å². The van der Waals surface area contributed by atoms with Gasteiger partial charge in [-0.05, 0) is 74.6 Å². The maximum absolute atomic E-state index is 12.5.